The van der Waals surface area contributed by atoms with Gasteiger partial charge in [0.1, 0.15) is 0 Å². The van der Waals surface area contributed by atoms with Crippen LogP contribution in [0.2, 0.25) is 0 Å². The van der Waals surface area contributed by atoms with Crippen molar-refractivity contribution in [2.24, 2.45) is 5.92 Å². The van der Waals surface area contributed by atoms with Gasteiger partial charge >= 0.3 is 0 Å². The van der Waals surface area contributed by atoms with Crippen LogP contribution in [0.25, 0.3) is 0 Å². The molecule has 0 unspecified atom stereocenters. The highest BCUT2D eigenvalue weighted by Gasteiger charge is 2.26. The van der Waals surface area contributed by atoms with Gasteiger partial charge in [0.05, 0.1) is 11.4 Å². The summed E-state index contributed by atoms with van der Waals surface area (Å²) in [7, 11) is -2.38. The summed E-state index contributed by atoms with van der Waals surface area (Å²) in [6, 6.07) is 5.98. The Balaban J connectivity index is 1.99. The maximum atomic E-state index is 12.6. The summed E-state index contributed by atoms with van der Waals surface area (Å²) < 4.78 is 26.3. The number of nitrogens with one attached hydrogen (secondary N) is 2. The topological polar surface area (TPSA) is 95.6 Å². The molecule has 1 aromatic carbocycles. The highest BCUT2D eigenvalue weighted by atomic mass is 32.2. The van der Waals surface area contributed by atoms with Crippen molar-refractivity contribution >= 4 is 27.5 Å². The van der Waals surface area contributed by atoms with Gasteiger partial charge in [0.15, 0.2) is 0 Å². The molecule has 7 nitrogen and oxygen atoms in total. The highest BCUT2D eigenvalue weighted by Crippen LogP contribution is 2.24. The zero-order valence-corrected chi connectivity index (χ0v) is 16.3. The minimum Gasteiger partial charge on any atom is -0.352 e. The molecule has 0 bridgehead atoms. The van der Waals surface area contributed by atoms with E-state index < -0.39 is 10.0 Å². The van der Waals surface area contributed by atoms with E-state index in [-0.39, 0.29) is 29.3 Å². The first kappa shape index (κ1) is 20.4. The fourth-order valence-electron chi connectivity index (χ4n) is 3.16. The summed E-state index contributed by atoms with van der Waals surface area (Å²) in [4.78, 5) is 23.4. The van der Waals surface area contributed by atoms with Gasteiger partial charge in [-0.05, 0) is 43.0 Å². The van der Waals surface area contributed by atoms with Gasteiger partial charge in [0.2, 0.25) is 21.8 Å². The Hall–Kier alpha value is -1.93. The molecule has 2 rings (SSSR count). The molecule has 144 valence electrons. The second-order valence-electron chi connectivity index (χ2n) is 6.90. The van der Waals surface area contributed by atoms with Crippen LogP contribution in [0, 0.1) is 5.92 Å². The molecule has 1 saturated carbocycles. The summed E-state index contributed by atoms with van der Waals surface area (Å²) in [6.07, 6.45) is 4.29. The van der Waals surface area contributed by atoms with E-state index in [1.54, 1.807) is 0 Å². The molecule has 1 aliphatic rings. The molecule has 0 heterocycles. The maximum absolute atomic E-state index is 12.6. The Labute approximate surface area is 155 Å². The zero-order valence-electron chi connectivity index (χ0n) is 15.5. The lowest BCUT2D eigenvalue weighted by Crippen LogP contribution is -2.46. The Morgan fingerprint density at radius 1 is 1.15 bits per heavy atom. The van der Waals surface area contributed by atoms with Crippen molar-refractivity contribution in [3.05, 3.63) is 24.3 Å². The Bertz CT molecular complexity index is 746. The molecule has 26 heavy (non-hydrogen) atoms. The third-order valence-electron chi connectivity index (χ3n) is 4.71. The predicted octanol–water partition coefficient (Wildman–Crippen LogP) is 1.96. The molecular formula is C18H27N3O4S. The summed E-state index contributed by atoms with van der Waals surface area (Å²) in [5.41, 5.74) is 0.517. The average Bonchev–Trinajstić information content (AvgIpc) is 2.57. The number of sulfonamides is 1. The minimum atomic E-state index is -3.77. The fourth-order valence-corrected chi connectivity index (χ4v) is 4.29. The van der Waals surface area contributed by atoms with Crippen LogP contribution in [0.1, 0.15) is 39.5 Å². The first-order valence-corrected chi connectivity index (χ1v) is 10.3. The van der Waals surface area contributed by atoms with Gasteiger partial charge in [-0.25, -0.2) is 8.42 Å². The lowest BCUT2D eigenvalue weighted by Gasteiger charge is -2.30. The highest BCUT2D eigenvalue weighted by molar-refractivity contribution is 7.89. The number of hydrogen-bond acceptors (Lipinski definition) is 4. The van der Waals surface area contributed by atoms with Crippen molar-refractivity contribution in [2.45, 2.75) is 50.5 Å². The van der Waals surface area contributed by atoms with Gasteiger partial charge in [0, 0.05) is 25.7 Å². The molecule has 0 radical (unpaired) electrons. The number of rotatable bonds is 6. The van der Waals surface area contributed by atoms with Crippen LogP contribution in [0.5, 0.6) is 0 Å². The first-order valence-electron chi connectivity index (χ1n) is 8.83. The third-order valence-corrected chi connectivity index (χ3v) is 6.52. The van der Waals surface area contributed by atoms with Gasteiger partial charge < -0.3 is 10.6 Å². The van der Waals surface area contributed by atoms with Crippen LogP contribution < -0.4 is 10.6 Å². The number of nitrogens with zero attached hydrogens (tertiary/aromatic N) is 1. The van der Waals surface area contributed by atoms with E-state index in [0.717, 1.165) is 23.6 Å². The summed E-state index contributed by atoms with van der Waals surface area (Å²) in [5.74, 6) is -0.105. The molecule has 2 amide bonds. The quantitative estimate of drug-likeness (QED) is 0.787. The second-order valence-corrected chi connectivity index (χ2v) is 8.95. The largest absolute Gasteiger partial charge is 0.352 e. The van der Waals surface area contributed by atoms with Crippen molar-refractivity contribution < 1.29 is 18.0 Å². The zero-order chi connectivity index (χ0) is 19.3. The van der Waals surface area contributed by atoms with E-state index in [9.17, 15) is 18.0 Å². The monoisotopic (exact) mass is 381 g/mol. The molecule has 1 aromatic rings. The van der Waals surface area contributed by atoms with Crippen LogP contribution in [-0.4, -0.2) is 44.2 Å². The second kappa shape index (κ2) is 8.64. The average molecular weight is 381 g/mol. The number of carbonyl (C=O) groups excluding carboxylic acids is 2. The van der Waals surface area contributed by atoms with Crippen molar-refractivity contribution in [1.29, 1.82) is 0 Å². The van der Waals surface area contributed by atoms with E-state index in [1.807, 2.05) is 0 Å². The van der Waals surface area contributed by atoms with E-state index in [1.165, 1.54) is 44.7 Å². The van der Waals surface area contributed by atoms with Crippen LogP contribution >= 0.6 is 0 Å². The van der Waals surface area contributed by atoms with Crippen molar-refractivity contribution in [3.8, 4) is 0 Å². The van der Waals surface area contributed by atoms with Crippen molar-refractivity contribution in [3.63, 3.8) is 0 Å². The molecule has 1 aliphatic carbocycles. The van der Waals surface area contributed by atoms with Gasteiger partial charge in [-0.15, -0.1) is 0 Å². The van der Waals surface area contributed by atoms with Crippen LogP contribution in [0.3, 0.4) is 0 Å². The number of hydrogen-bond donors (Lipinski definition) is 2. The van der Waals surface area contributed by atoms with Crippen LogP contribution in [0.15, 0.2) is 29.2 Å². The molecule has 0 saturated heterocycles. The lowest BCUT2D eigenvalue weighted by molar-refractivity contribution is -0.122. The Morgan fingerprint density at radius 2 is 1.77 bits per heavy atom. The molecule has 8 heteroatoms. The van der Waals surface area contributed by atoms with Gasteiger partial charge in [-0.2, -0.15) is 4.31 Å². The summed E-state index contributed by atoms with van der Waals surface area (Å²) in [5, 5.41) is 5.54. The van der Waals surface area contributed by atoms with Gasteiger partial charge in [0.25, 0.3) is 0 Å². The number of anilines is 1. The molecule has 0 spiro atoms. The van der Waals surface area contributed by atoms with E-state index in [0.29, 0.717) is 11.6 Å². The lowest BCUT2D eigenvalue weighted by atomic mass is 9.86. The SMILES string of the molecule is CC(=O)Nc1ccc(S(=O)(=O)N(C)CC(=O)N[C@H]2CCCC[C@H]2C)cc1. The Kier molecular flexibility index (Phi) is 6.77. The number of likely N-dealkylation sites (N-methyl/N-ethyl adjacent to an activating group) is 1. The molecule has 1 fully saturated rings. The molecule has 0 aliphatic heterocycles. The third kappa shape index (κ3) is 5.28. The first-order chi connectivity index (χ1) is 12.2. The Morgan fingerprint density at radius 3 is 2.35 bits per heavy atom. The number of amides is 2. The van der Waals surface area contributed by atoms with Crippen molar-refractivity contribution in [1.82, 2.24) is 9.62 Å². The summed E-state index contributed by atoms with van der Waals surface area (Å²) in [6.45, 7) is 3.27. The predicted molar refractivity (Wildman–Crippen MR) is 100 cm³/mol. The number of carbonyl (C=O) groups is 2. The molecule has 0 aromatic heterocycles. The molecule has 2 N–H and O–H groups in total. The van der Waals surface area contributed by atoms with Crippen LogP contribution in [0.4, 0.5) is 5.69 Å². The standard InChI is InChI=1S/C18H27N3O4S/c1-13-6-4-5-7-17(13)20-18(23)12-21(3)26(24,25)16-10-8-15(9-11-16)19-14(2)22/h8-11,13,17H,4-7,12H2,1-3H3,(H,19,22)(H,20,23)/t13-,17+/m1/s1. The van der Waals surface area contributed by atoms with Crippen molar-refractivity contribution in [2.75, 3.05) is 18.9 Å². The normalized spacial score (nSPS) is 20.6. The fraction of sp³-hybridized carbons (Fsp3) is 0.556. The number of benzene rings is 1. The maximum Gasteiger partial charge on any atom is 0.243 e. The molecule has 2 atom stereocenters. The summed E-state index contributed by atoms with van der Waals surface area (Å²) >= 11 is 0. The minimum absolute atomic E-state index is 0.0768. The van der Waals surface area contributed by atoms with E-state index in [2.05, 4.69) is 17.6 Å². The van der Waals surface area contributed by atoms with Gasteiger partial charge in [-0.3, -0.25) is 9.59 Å². The van der Waals surface area contributed by atoms with Crippen LogP contribution in [-0.2, 0) is 19.6 Å². The molecular weight excluding hydrogens is 354 g/mol. The van der Waals surface area contributed by atoms with E-state index in [4.69, 9.17) is 0 Å². The van der Waals surface area contributed by atoms with E-state index >= 15 is 0 Å². The van der Waals surface area contributed by atoms with Gasteiger partial charge in [-0.1, -0.05) is 19.8 Å². The smallest absolute Gasteiger partial charge is 0.243 e.